The fraction of sp³-hybridized carbons (Fsp3) is 0.333. The van der Waals surface area contributed by atoms with Gasteiger partial charge in [0.25, 0.3) is 0 Å². The zero-order valence-electron chi connectivity index (χ0n) is 12.0. The van der Waals surface area contributed by atoms with E-state index in [1.165, 1.54) is 12.1 Å². The number of nitrogens with one attached hydrogen (secondary N) is 1. The molecule has 0 aliphatic rings. The van der Waals surface area contributed by atoms with E-state index in [1.807, 2.05) is 13.8 Å². The van der Waals surface area contributed by atoms with Crippen LogP contribution in [-0.4, -0.2) is 29.4 Å². The summed E-state index contributed by atoms with van der Waals surface area (Å²) in [4.78, 5) is 10.7. The highest BCUT2D eigenvalue weighted by Crippen LogP contribution is 2.12. The molecular formula is C15H18N2O4. The average Bonchev–Trinajstić information content (AvgIpc) is 2.79. The van der Waals surface area contributed by atoms with E-state index in [0.29, 0.717) is 25.4 Å². The van der Waals surface area contributed by atoms with E-state index in [1.54, 1.807) is 12.1 Å². The molecule has 0 aliphatic carbocycles. The molecule has 0 saturated carbocycles. The highest BCUT2D eigenvalue weighted by molar-refractivity contribution is 5.87. The number of rotatable bonds is 7. The summed E-state index contributed by atoms with van der Waals surface area (Å²) in [6, 6.07) is 6.35. The van der Waals surface area contributed by atoms with E-state index in [-0.39, 0.29) is 5.56 Å². The van der Waals surface area contributed by atoms with Gasteiger partial charge in [0.1, 0.15) is 18.1 Å². The summed E-state index contributed by atoms with van der Waals surface area (Å²) < 4.78 is 10.6. The van der Waals surface area contributed by atoms with Gasteiger partial charge in [-0.2, -0.15) is 0 Å². The molecule has 6 nitrogen and oxygen atoms in total. The van der Waals surface area contributed by atoms with Gasteiger partial charge in [0.2, 0.25) is 0 Å². The van der Waals surface area contributed by atoms with Crippen LogP contribution in [0.15, 0.2) is 28.8 Å². The van der Waals surface area contributed by atoms with Crippen LogP contribution in [0.1, 0.15) is 27.4 Å². The second kappa shape index (κ2) is 6.90. The zero-order valence-corrected chi connectivity index (χ0v) is 12.0. The van der Waals surface area contributed by atoms with Gasteiger partial charge in [-0.15, -0.1) is 0 Å². The fourth-order valence-corrected chi connectivity index (χ4v) is 1.90. The van der Waals surface area contributed by atoms with Crippen molar-refractivity contribution in [3.05, 3.63) is 46.8 Å². The Bertz CT molecular complexity index is 585. The maximum absolute atomic E-state index is 10.7. The van der Waals surface area contributed by atoms with Gasteiger partial charge in [0, 0.05) is 18.7 Å². The Morgan fingerprint density at radius 2 is 2.05 bits per heavy atom. The second-order valence-corrected chi connectivity index (χ2v) is 4.66. The minimum absolute atomic E-state index is 0.249. The number of aryl methyl sites for hydroxylation is 2. The van der Waals surface area contributed by atoms with Crippen LogP contribution >= 0.6 is 0 Å². The third-order valence-electron chi connectivity index (χ3n) is 3.13. The zero-order chi connectivity index (χ0) is 15.2. The molecule has 0 saturated heterocycles. The fourth-order valence-electron chi connectivity index (χ4n) is 1.90. The number of hydrogen-bond donors (Lipinski definition) is 2. The van der Waals surface area contributed by atoms with E-state index in [2.05, 4.69) is 10.5 Å². The number of hydrogen-bond acceptors (Lipinski definition) is 5. The van der Waals surface area contributed by atoms with Crippen LogP contribution in [-0.2, 0) is 6.54 Å². The third-order valence-corrected chi connectivity index (χ3v) is 3.13. The normalized spacial score (nSPS) is 10.6. The maximum atomic E-state index is 10.7. The molecule has 0 radical (unpaired) electrons. The van der Waals surface area contributed by atoms with Crippen LogP contribution in [0.3, 0.4) is 0 Å². The van der Waals surface area contributed by atoms with Crippen LogP contribution < -0.4 is 10.1 Å². The summed E-state index contributed by atoms with van der Waals surface area (Å²) in [5.41, 5.74) is 2.21. The molecule has 0 fully saturated rings. The minimum Gasteiger partial charge on any atom is -0.492 e. The van der Waals surface area contributed by atoms with Crippen molar-refractivity contribution >= 4 is 5.97 Å². The molecule has 2 aromatic rings. The molecule has 0 spiro atoms. The van der Waals surface area contributed by atoms with E-state index in [9.17, 15) is 4.79 Å². The van der Waals surface area contributed by atoms with Crippen LogP contribution in [0.25, 0.3) is 0 Å². The molecule has 2 N–H and O–H groups in total. The number of aromatic nitrogens is 1. The molecule has 1 aromatic carbocycles. The third kappa shape index (κ3) is 4.06. The number of ether oxygens (including phenoxy) is 1. The van der Waals surface area contributed by atoms with E-state index >= 15 is 0 Å². The monoisotopic (exact) mass is 290 g/mol. The molecule has 6 heteroatoms. The highest BCUT2D eigenvalue weighted by Gasteiger charge is 2.07. The van der Waals surface area contributed by atoms with Gasteiger partial charge in [-0.05, 0) is 38.1 Å². The lowest BCUT2D eigenvalue weighted by Gasteiger charge is -2.07. The molecule has 0 unspecified atom stereocenters. The second-order valence-electron chi connectivity index (χ2n) is 4.66. The predicted octanol–water partition coefficient (Wildman–Crippen LogP) is 2.16. The molecular weight excluding hydrogens is 272 g/mol. The van der Waals surface area contributed by atoms with Crippen molar-refractivity contribution < 1.29 is 19.2 Å². The van der Waals surface area contributed by atoms with Crippen LogP contribution in [0.2, 0.25) is 0 Å². The first-order valence-electron chi connectivity index (χ1n) is 6.66. The lowest BCUT2D eigenvalue weighted by Crippen LogP contribution is -2.21. The number of aromatic carboxylic acids is 1. The van der Waals surface area contributed by atoms with E-state index in [0.717, 1.165) is 17.0 Å². The minimum atomic E-state index is -0.942. The number of nitrogens with zero attached hydrogens (tertiary/aromatic N) is 1. The quantitative estimate of drug-likeness (QED) is 0.760. The SMILES string of the molecule is Cc1noc(C)c1CNCCOc1ccc(C(=O)O)cc1. The van der Waals surface area contributed by atoms with Crippen molar-refractivity contribution in [1.82, 2.24) is 10.5 Å². The number of carbonyl (C=O) groups is 1. The van der Waals surface area contributed by atoms with Crippen molar-refractivity contribution in [3.8, 4) is 5.75 Å². The van der Waals surface area contributed by atoms with Gasteiger partial charge in [0.15, 0.2) is 0 Å². The summed E-state index contributed by atoms with van der Waals surface area (Å²) in [5.74, 6) is 0.534. The lowest BCUT2D eigenvalue weighted by atomic mass is 10.2. The van der Waals surface area contributed by atoms with E-state index in [4.69, 9.17) is 14.4 Å². The first-order valence-corrected chi connectivity index (χ1v) is 6.66. The summed E-state index contributed by atoms with van der Waals surface area (Å²) in [6.07, 6.45) is 0. The molecule has 1 aromatic heterocycles. The summed E-state index contributed by atoms with van der Waals surface area (Å²) in [7, 11) is 0. The van der Waals surface area contributed by atoms with Crippen molar-refractivity contribution in [2.45, 2.75) is 20.4 Å². The van der Waals surface area contributed by atoms with Crippen molar-refractivity contribution in [2.24, 2.45) is 0 Å². The van der Waals surface area contributed by atoms with Crippen LogP contribution in [0.4, 0.5) is 0 Å². The Morgan fingerprint density at radius 3 is 2.62 bits per heavy atom. The number of carboxylic acids is 1. The maximum Gasteiger partial charge on any atom is 0.335 e. The molecule has 2 rings (SSSR count). The summed E-state index contributed by atoms with van der Waals surface area (Å²) >= 11 is 0. The topological polar surface area (TPSA) is 84.6 Å². The Kier molecular flexibility index (Phi) is 4.94. The molecule has 1 heterocycles. The molecule has 0 bridgehead atoms. The Balaban J connectivity index is 1.71. The Hall–Kier alpha value is -2.34. The van der Waals surface area contributed by atoms with Crippen molar-refractivity contribution in [3.63, 3.8) is 0 Å². The van der Waals surface area contributed by atoms with E-state index < -0.39 is 5.97 Å². The van der Waals surface area contributed by atoms with Gasteiger partial charge in [-0.25, -0.2) is 4.79 Å². The number of carboxylic acid groups (broad SMARTS) is 1. The first-order chi connectivity index (χ1) is 10.1. The molecule has 21 heavy (non-hydrogen) atoms. The predicted molar refractivity (Wildman–Crippen MR) is 76.6 cm³/mol. The lowest BCUT2D eigenvalue weighted by molar-refractivity contribution is 0.0697. The Labute approximate surface area is 122 Å². The van der Waals surface area contributed by atoms with Gasteiger partial charge in [-0.3, -0.25) is 0 Å². The molecule has 0 amide bonds. The standard InChI is InChI=1S/C15H18N2O4/c1-10-14(11(2)21-17-10)9-16-7-8-20-13-5-3-12(4-6-13)15(18)19/h3-6,16H,7-9H2,1-2H3,(H,18,19). The average molecular weight is 290 g/mol. The van der Waals surface area contributed by atoms with Crippen LogP contribution in [0.5, 0.6) is 5.75 Å². The van der Waals surface area contributed by atoms with Gasteiger partial charge in [0.05, 0.1) is 11.3 Å². The molecule has 0 atom stereocenters. The smallest absolute Gasteiger partial charge is 0.335 e. The van der Waals surface area contributed by atoms with Crippen LogP contribution in [0, 0.1) is 13.8 Å². The summed E-state index contributed by atoms with van der Waals surface area (Å²) in [6.45, 7) is 5.65. The first kappa shape index (κ1) is 15.1. The summed E-state index contributed by atoms with van der Waals surface area (Å²) in [5, 5.41) is 15.9. The Morgan fingerprint density at radius 1 is 1.33 bits per heavy atom. The van der Waals surface area contributed by atoms with Gasteiger partial charge < -0.3 is 19.7 Å². The molecule has 112 valence electrons. The highest BCUT2D eigenvalue weighted by atomic mass is 16.5. The number of benzene rings is 1. The van der Waals surface area contributed by atoms with Gasteiger partial charge >= 0.3 is 5.97 Å². The van der Waals surface area contributed by atoms with Crippen molar-refractivity contribution in [1.29, 1.82) is 0 Å². The van der Waals surface area contributed by atoms with Crippen molar-refractivity contribution in [2.75, 3.05) is 13.2 Å². The largest absolute Gasteiger partial charge is 0.492 e. The molecule has 0 aliphatic heterocycles. The van der Waals surface area contributed by atoms with Gasteiger partial charge in [-0.1, -0.05) is 5.16 Å².